The highest BCUT2D eigenvalue weighted by atomic mass is 19.1. The van der Waals surface area contributed by atoms with Crippen molar-refractivity contribution in [1.29, 1.82) is 0 Å². The molecule has 0 saturated carbocycles. The van der Waals surface area contributed by atoms with Crippen molar-refractivity contribution in [3.63, 3.8) is 0 Å². The Bertz CT molecular complexity index is 463. The number of aliphatic hydroxyl groups excluding tert-OH is 1. The van der Waals surface area contributed by atoms with Gasteiger partial charge >= 0.3 is 0 Å². The number of halogens is 1. The molecule has 1 fully saturated rings. The molecule has 1 spiro atoms. The monoisotopic (exact) mass is 247 g/mol. The van der Waals surface area contributed by atoms with Crippen LogP contribution in [0.1, 0.15) is 37.4 Å². The number of aliphatic hydroxyl groups is 1. The summed E-state index contributed by atoms with van der Waals surface area (Å²) in [4.78, 5) is 0. The van der Waals surface area contributed by atoms with E-state index in [1.54, 1.807) is 12.1 Å². The van der Waals surface area contributed by atoms with Gasteiger partial charge in [0.05, 0.1) is 6.10 Å². The second-order valence-corrected chi connectivity index (χ2v) is 5.45. The van der Waals surface area contributed by atoms with Crippen LogP contribution in [0.2, 0.25) is 0 Å². The minimum absolute atomic E-state index is 0.0340. The molecule has 3 rings (SSSR count). The number of benzene rings is 1. The van der Waals surface area contributed by atoms with Crippen LogP contribution in [0.4, 0.5) is 4.39 Å². The molecular weight excluding hydrogens is 229 g/mol. The minimum atomic E-state index is -0.624. The Kier molecular flexibility index (Phi) is 2.96. The quantitative estimate of drug-likeness (QED) is 0.788. The lowest BCUT2D eigenvalue weighted by atomic mass is 9.95. The molecule has 96 valence electrons. The molecule has 0 amide bonds. The van der Waals surface area contributed by atoms with Crippen LogP contribution < -0.4 is 5.32 Å². The number of rotatable bonds is 2. The van der Waals surface area contributed by atoms with Crippen molar-refractivity contribution in [3.8, 4) is 0 Å². The molecule has 1 aromatic carbocycles. The first-order valence-corrected chi connectivity index (χ1v) is 6.55. The third-order valence-corrected chi connectivity index (χ3v) is 4.18. The predicted molar refractivity (Wildman–Crippen MR) is 68.6 cm³/mol. The fourth-order valence-electron chi connectivity index (χ4n) is 3.15. The third kappa shape index (κ3) is 2.08. The molecular formula is C15H18FNO. The first-order valence-electron chi connectivity index (χ1n) is 6.55. The molecule has 1 saturated heterocycles. The normalized spacial score (nSPS) is 26.9. The Balaban J connectivity index is 1.72. The molecule has 3 heteroatoms. The molecule has 1 heterocycles. The van der Waals surface area contributed by atoms with Crippen molar-refractivity contribution >= 4 is 0 Å². The van der Waals surface area contributed by atoms with E-state index >= 15 is 0 Å². The highest BCUT2D eigenvalue weighted by Gasteiger charge is 2.41. The second kappa shape index (κ2) is 4.48. The van der Waals surface area contributed by atoms with Gasteiger partial charge in [-0.1, -0.05) is 24.3 Å². The highest BCUT2D eigenvalue weighted by molar-refractivity contribution is 5.22. The van der Waals surface area contributed by atoms with E-state index in [-0.39, 0.29) is 17.4 Å². The van der Waals surface area contributed by atoms with Crippen LogP contribution in [0.5, 0.6) is 0 Å². The van der Waals surface area contributed by atoms with Crippen LogP contribution in [-0.2, 0) is 0 Å². The largest absolute Gasteiger partial charge is 0.387 e. The first-order chi connectivity index (χ1) is 8.69. The highest BCUT2D eigenvalue weighted by Crippen LogP contribution is 2.38. The molecule has 0 unspecified atom stereocenters. The van der Waals surface area contributed by atoms with Gasteiger partial charge in [0, 0.05) is 11.6 Å². The topological polar surface area (TPSA) is 32.3 Å². The summed E-state index contributed by atoms with van der Waals surface area (Å²) in [6, 6.07) is 6.29. The summed E-state index contributed by atoms with van der Waals surface area (Å²) in [5.41, 5.74) is 0.814. The molecule has 2 N–H and O–H groups in total. The summed E-state index contributed by atoms with van der Waals surface area (Å²) < 4.78 is 13.2. The van der Waals surface area contributed by atoms with E-state index < -0.39 is 6.10 Å². The van der Waals surface area contributed by atoms with Gasteiger partial charge in [-0.2, -0.15) is 0 Å². The molecule has 2 nitrogen and oxygen atoms in total. The van der Waals surface area contributed by atoms with Crippen molar-refractivity contribution in [1.82, 2.24) is 5.32 Å². The fraction of sp³-hybridized carbons (Fsp3) is 0.467. The van der Waals surface area contributed by atoms with Gasteiger partial charge in [-0.3, -0.25) is 0 Å². The fourth-order valence-corrected chi connectivity index (χ4v) is 3.15. The molecule has 1 aromatic rings. The lowest BCUT2D eigenvalue weighted by molar-refractivity contribution is 0.129. The van der Waals surface area contributed by atoms with E-state index in [1.165, 1.54) is 12.1 Å². The van der Waals surface area contributed by atoms with E-state index in [0.717, 1.165) is 25.7 Å². The lowest BCUT2D eigenvalue weighted by Gasteiger charge is -2.27. The maximum atomic E-state index is 13.2. The Morgan fingerprint density at radius 3 is 2.83 bits per heavy atom. The average molecular weight is 247 g/mol. The van der Waals surface area contributed by atoms with E-state index in [9.17, 15) is 9.50 Å². The van der Waals surface area contributed by atoms with Crippen molar-refractivity contribution < 1.29 is 9.50 Å². The molecule has 1 aliphatic heterocycles. The second-order valence-electron chi connectivity index (χ2n) is 5.45. The Morgan fingerprint density at radius 2 is 2.11 bits per heavy atom. The van der Waals surface area contributed by atoms with Crippen molar-refractivity contribution in [3.05, 3.63) is 47.8 Å². The predicted octanol–water partition coefficient (Wildman–Crippen LogP) is 2.70. The zero-order valence-electron chi connectivity index (χ0n) is 10.3. The SMILES string of the molecule is O[C@H](c1cccc(F)c1)[C@H]1CCC2(CC=CC2)N1. The minimum Gasteiger partial charge on any atom is -0.387 e. The maximum absolute atomic E-state index is 13.2. The summed E-state index contributed by atoms with van der Waals surface area (Å²) in [5.74, 6) is -0.290. The third-order valence-electron chi connectivity index (χ3n) is 4.18. The average Bonchev–Trinajstić information content (AvgIpc) is 3.00. The first kappa shape index (κ1) is 11.9. The van der Waals surface area contributed by atoms with E-state index in [2.05, 4.69) is 17.5 Å². The van der Waals surface area contributed by atoms with Crippen LogP contribution >= 0.6 is 0 Å². The summed E-state index contributed by atoms with van der Waals surface area (Å²) in [6.07, 6.45) is 7.88. The molecule has 2 aliphatic rings. The zero-order chi connectivity index (χ0) is 12.6. The summed E-state index contributed by atoms with van der Waals surface area (Å²) in [6.45, 7) is 0. The molecule has 2 atom stereocenters. The van der Waals surface area contributed by atoms with Gasteiger partial charge in [-0.15, -0.1) is 0 Å². The molecule has 0 aromatic heterocycles. The summed E-state index contributed by atoms with van der Waals surface area (Å²) in [5, 5.41) is 13.9. The summed E-state index contributed by atoms with van der Waals surface area (Å²) in [7, 11) is 0. The van der Waals surface area contributed by atoms with Crippen molar-refractivity contribution in [2.45, 2.75) is 43.4 Å². The van der Waals surface area contributed by atoms with Gasteiger partial charge < -0.3 is 10.4 Å². The number of hydrogen-bond donors (Lipinski definition) is 2. The van der Waals surface area contributed by atoms with Gasteiger partial charge in [0.1, 0.15) is 5.82 Å². The lowest BCUT2D eigenvalue weighted by Crippen LogP contribution is -2.43. The van der Waals surface area contributed by atoms with Gasteiger partial charge in [0.15, 0.2) is 0 Å². The van der Waals surface area contributed by atoms with Gasteiger partial charge in [0.25, 0.3) is 0 Å². The smallest absolute Gasteiger partial charge is 0.123 e. The van der Waals surface area contributed by atoms with Crippen molar-refractivity contribution in [2.75, 3.05) is 0 Å². The Morgan fingerprint density at radius 1 is 1.33 bits per heavy atom. The Hall–Kier alpha value is -1.19. The van der Waals surface area contributed by atoms with Gasteiger partial charge in [-0.05, 0) is 43.4 Å². The van der Waals surface area contributed by atoms with Crippen LogP contribution in [0.25, 0.3) is 0 Å². The molecule has 18 heavy (non-hydrogen) atoms. The van der Waals surface area contributed by atoms with Crippen LogP contribution in [0.3, 0.4) is 0 Å². The van der Waals surface area contributed by atoms with E-state index in [4.69, 9.17) is 0 Å². The van der Waals surface area contributed by atoms with Crippen molar-refractivity contribution in [2.24, 2.45) is 0 Å². The maximum Gasteiger partial charge on any atom is 0.123 e. The molecule has 1 aliphatic carbocycles. The van der Waals surface area contributed by atoms with Gasteiger partial charge in [0.2, 0.25) is 0 Å². The number of hydrogen-bond acceptors (Lipinski definition) is 2. The molecule has 0 radical (unpaired) electrons. The molecule has 0 bridgehead atoms. The van der Waals surface area contributed by atoms with Crippen LogP contribution in [0.15, 0.2) is 36.4 Å². The van der Waals surface area contributed by atoms with Crippen LogP contribution in [0, 0.1) is 5.82 Å². The number of nitrogens with one attached hydrogen (secondary N) is 1. The van der Waals surface area contributed by atoms with Gasteiger partial charge in [-0.25, -0.2) is 4.39 Å². The Labute approximate surface area is 107 Å². The standard InChI is InChI=1S/C15H18FNO/c16-12-5-3-4-11(10-12)14(18)13-6-9-15(17-13)7-1-2-8-15/h1-5,10,13-14,17-18H,6-9H2/t13-,14-/m1/s1. The van der Waals surface area contributed by atoms with E-state index in [1.807, 2.05) is 0 Å². The summed E-state index contributed by atoms with van der Waals surface area (Å²) >= 11 is 0. The van der Waals surface area contributed by atoms with Crippen LogP contribution in [-0.4, -0.2) is 16.7 Å². The van der Waals surface area contributed by atoms with E-state index in [0.29, 0.717) is 5.56 Å². The zero-order valence-corrected chi connectivity index (χ0v) is 10.3.